The molecule has 1 nitrogen and oxygen atoms in total. The Morgan fingerprint density at radius 3 is 2.56 bits per heavy atom. The van der Waals surface area contributed by atoms with Crippen LogP contribution >= 0.6 is 11.6 Å². The van der Waals surface area contributed by atoms with Crippen LogP contribution in [0.25, 0.3) is 0 Å². The number of benzene rings is 1. The van der Waals surface area contributed by atoms with Crippen LogP contribution in [-0.4, -0.2) is 12.4 Å². The molecule has 0 atom stereocenters. The van der Waals surface area contributed by atoms with E-state index in [2.05, 4.69) is 50.4 Å². The van der Waals surface area contributed by atoms with E-state index in [-0.39, 0.29) is 5.41 Å². The fraction of sp³-hybridized carbons (Fsp3) is 0.571. The van der Waals surface area contributed by atoms with Crippen LogP contribution in [0.2, 0.25) is 0 Å². The molecule has 0 unspecified atom stereocenters. The maximum atomic E-state index is 5.78. The Balaban J connectivity index is 2.39. The molecule has 90 valence electrons. The van der Waals surface area contributed by atoms with Crippen LogP contribution in [0, 0.1) is 12.3 Å². The lowest BCUT2D eigenvalue weighted by Gasteiger charge is -2.24. The number of hydrogen-bond acceptors (Lipinski definition) is 1. The van der Waals surface area contributed by atoms with E-state index in [4.69, 9.17) is 11.6 Å². The van der Waals surface area contributed by atoms with Gasteiger partial charge < -0.3 is 5.32 Å². The summed E-state index contributed by atoms with van der Waals surface area (Å²) >= 11 is 5.78. The lowest BCUT2D eigenvalue weighted by molar-refractivity contribution is 0.329. The standard InChI is InChI=1S/C14H22ClN/c1-12-6-4-5-7-13(12)10-16-11-14(2,3)8-9-15/h4-7,16H,8-11H2,1-3H3. The summed E-state index contributed by atoms with van der Waals surface area (Å²) in [5.41, 5.74) is 3.01. The van der Waals surface area contributed by atoms with E-state index < -0.39 is 0 Å². The van der Waals surface area contributed by atoms with Crippen molar-refractivity contribution in [3.05, 3.63) is 35.4 Å². The lowest BCUT2D eigenvalue weighted by atomic mass is 9.90. The summed E-state index contributed by atoms with van der Waals surface area (Å²) in [7, 11) is 0. The Morgan fingerprint density at radius 1 is 1.25 bits per heavy atom. The molecule has 0 aromatic heterocycles. The Labute approximate surface area is 104 Å². The molecule has 1 aromatic rings. The Hall–Kier alpha value is -0.530. The van der Waals surface area contributed by atoms with Crippen LogP contribution in [0.4, 0.5) is 0 Å². The molecule has 2 heteroatoms. The van der Waals surface area contributed by atoms with Crippen molar-refractivity contribution < 1.29 is 0 Å². The second-order valence-electron chi connectivity index (χ2n) is 5.13. The van der Waals surface area contributed by atoms with Gasteiger partial charge in [-0.25, -0.2) is 0 Å². The van der Waals surface area contributed by atoms with Crippen molar-refractivity contribution in [1.82, 2.24) is 5.32 Å². The molecular formula is C14H22ClN. The minimum atomic E-state index is 0.282. The number of rotatable bonds is 6. The molecule has 1 rings (SSSR count). The molecule has 0 aliphatic rings. The summed E-state index contributed by atoms with van der Waals surface area (Å²) in [4.78, 5) is 0. The Morgan fingerprint density at radius 2 is 1.94 bits per heavy atom. The van der Waals surface area contributed by atoms with Crippen molar-refractivity contribution in [2.45, 2.75) is 33.7 Å². The molecule has 0 fully saturated rings. The Bertz CT molecular complexity index is 320. The highest BCUT2D eigenvalue weighted by atomic mass is 35.5. The fourth-order valence-electron chi connectivity index (χ4n) is 1.69. The smallest absolute Gasteiger partial charge is 0.0229 e. The van der Waals surface area contributed by atoms with Crippen molar-refractivity contribution in [3.8, 4) is 0 Å². The van der Waals surface area contributed by atoms with Crippen LogP contribution in [-0.2, 0) is 6.54 Å². The Kier molecular flexibility index (Phi) is 5.30. The third kappa shape index (κ3) is 4.54. The van der Waals surface area contributed by atoms with Crippen LogP contribution in [0.5, 0.6) is 0 Å². The largest absolute Gasteiger partial charge is 0.312 e. The monoisotopic (exact) mass is 239 g/mol. The van der Waals surface area contributed by atoms with Crippen LogP contribution in [0.3, 0.4) is 0 Å². The van der Waals surface area contributed by atoms with Gasteiger partial charge in [-0.15, -0.1) is 11.6 Å². The van der Waals surface area contributed by atoms with Crippen LogP contribution in [0.15, 0.2) is 24.3 Å². The van der Waals surface area contributed by atoms with E-state index in [1.807, 2.05) is 0 Å². The maximum absolute atomic E-state index is 5.78. The van der Waals surface area contributed by atoms with Crippen LogP contribution < -0.4 is 5.32 Å². The van der Waals surface area contributed by atoms with Gasteiger partial charge in [0, 0.05) is 19.0 Å². The number of alkyl halides is 1. The van der Waals surface area contributed by atoms with Crippen molar-refractivity contribution in [3.63, 3.8) is 0 Å². The first-order chi connectivity index (χ1) is 7.55. The van der Waals surface area contributed by atoms with Crippen LogP contribution in [0.1, 0.15) is 31.4 Å². The molecule has 0 aliphatic heterocycles. The first kappa shape index (κ1) is 13.5. The van der Waals surface area contributed by atoms with Gasteiger partial charge in [0.15, 0.2) is 0 Å². The third-order valence-corrected chi connectivity index (χ3v) is 3.14. The maximum Gasteiger partial charge on any atom is 0.0229 e. The van der Waals surface area contributed by atoms with Gasteiger partial charge in [0.1, 0.15) is 0 Å². The fourth-order valence-corrected chi connectivity index (χ4v) is 2.20. The quantitative estimate of drug-likeness (QED) is 0.746. The summed E-state index contributed by atoms with van der Waals surface area (Å²) in [6.07, 6.45) is 1.05. The minimum absolute atomic E-state index is 0.282. The molecule has 16 heavy (non-hydrogen) atoms. The molecule has 0 saturated carbocycles. The van der Waals surface area contributed by atoms with E-state index in [0.29, 0.717) is 0 Å². The van der Waals surface area contributed by atoms with E-state index >= 15 is 0 Å². The predicted octanol–water partition coefficient (Wildman–Crippen LogP) is 3.74. The lowest BCUT2D eigenvalue weighted by Crippen LogP contribution is -2.29. The van der Waals surface area contributed by atoms with E-state index in [9.17, 15) is 0 Å². The average molecular weight is 240 g/mol. The molecule has 1 aromatic carbocycles. The van der Waals surface area contributed by atoms with Gasteiger partial charge in [0.05, 0.1) is 0 Å². The molecule has 0 heterocycles. The van der Waals surface area contributed by atoms with Gasteiger partial charge in [0.25, 0.3) is 0 Å². The summed E-state index contributed by atoms with van der Waals surface area (Å²) in [5, 5.41) is 3.51. The summed E-state index contributed by atoms with van der Waals surface area (Å²) in [6, 6.07) is 8.50. The summed E-state index contributed by atoms with van der Waals surface area (Å²) in [5.74, 6) is 0.735. The highest BCUT2D eigenvalue weighted by Crippen LogP contribution is 2.19. The van der Waals surface area contributed by atoms with Crippen molar-refractivity contribution in [2.75, 3.05) is 12.4 Å². The van der Waals surface area contributed by atoms with Gasteiger partial charge >= 0.3 is 0 Å². The first-order valence-corrected chi connectivity index (χ1v) is 6.40. The topological polar surface area (TPSA) is 12.0 Å². The van der Waals surface area contributed by atoms with E-state index in [1.165, 1.54) is 11.1 Å². The molecule has 0 radical (unpaired) electrons. The van der Waals surface area contributed by atoms with E-state index in [0.717, 1.165) is 25.4 Å². The number of hydrogen-bond donors (Lipinski definition) is 1. The zero-order valence-corrected chi connectivity index (χ0v) is 11.3. The van der Waals surface area contributed by atoms with Crippen molar-refractivity contribution in [2.24, 2.45) is 5.41 Å². The number of nitrogens with one attached hydrogen (secondary N) is 1. The predicted molar refractivity (Wildman–Crippen MR) is 72.0 cm³/mol. The normalized spacial score (nSPS) is 11.8. The van der Waals surface area contributed by atoms with Gasteiger partial charge in [-0.3, -0.25) is 0 Å². The second-order valence-corrected chi connectivity index (χ2v) is 5.51. The molecular weight excluding hydrogens is 218 g/mol. The van der Waals surface area contributed by atoms with Gasteiger partial charge in [-0.1, -0.05) is 38.1 Å². The van der Waals surface area contributed by atoms with E-state index in [1.54, 1.807) is 0 Å². The minimum Gasteiger partial charge on any atom is -0.312 e. The summed E-state index contributed by atoms with van der Waals surface area (Å²) < 4.78 is 0. The van der Waals surface area contributed by atoms with Crippen molar-refractivity contribution >= 4 is 11.6 Å². The summed E-state index contributed by atoms with van der Waals surface area (Å²) in [6.45, 7) is 8.60. The molecule has 0 bridgehead atoms. The highest BCUT2D eigenvalue weighted by molar-refractivity contribution is 6.17. The van der Waals surface area contributed by atoms with Crippen molar-refractivity contribution in [1.29, 1.82) is 0 Å². The van der Waals surface area contributed by atoms with Gasteiger partial charge in [-0.2, -0.15) is 0 Å². The second kappa shape index (κ2) is 6.27. The molecule has 0 amide bonds. The van der Waals surface area contributed by atoms with Gasteiger partial charge in [0.2, 0.25) is 0 Å². The SMILES string of the molecule is Cc1ccccc1CNCC(C)(C)CCCl. The number of halogens is 1. The third-order valence-electron chi connectivity index (χ3n) is 2.95. The first-order valence-electron chi connectivity index (χ1n) is 5.86. The molecule has 0 aliphatic carbocycles. The molecule has 0 saturated heterocycles. The zero-order chi connectivity index (χ0) is 12.0. The highest BCUT2D eigenvalue weighted by Gasteiger charge is 2.16. The number of aryl methyl sites for hydroxylation is 1. The van der Waals surface area contributed by atoms with Gasteiger partial charge in [-0.05, 0) is 29.9 Å². The molecule has 0 spiro atoms. The average Bonchev–Trinajstić information content (AvgIpc) is 2.20. The molecule has 1 N–H and O–H groups in total. The zero-order valence-electron chi connectivity index (χ0n) is 10.5.